The second-order valence-corrected chi connectivity index (χ2v) is 9.02. The van der Waals surface area contributed by atoms with Crippen LogP contribution < -0.4 is 0 Å². The van der Waals surface area contributed by atoms with E-state index in [-0.39, 0.29) is 8.41 Å². The lowest BCUT2D eigenvalue weighted by molar-refractivity contribution is 0.737. The lowest BCUT2D eigenvalue weighted by atomic mass is 10.1. The van der Waals surface area contributed by atoms with Crippen molar-refractivity contribution in [2.24, 2.45) is 5.92 Å². The standard InChI is InChI=1S/3C8H11N.C4H10.8C2H6.B/c1-7(2)8-3-5-9-6-4-8;1-7(2)8-4-3-5-9-6-8;1-7(2)8-5-3-4-6-9-8;1-4(2)3;8*1-2;/h3*3-7H,1-2H3;4H,1-3H3;8*1-2H3;. The van der Waals surface area contributed by atoms with Crippen LogP contribution in [0.3, 0.4) is 0 Å². The van der Waals surface area contributed by atoms with Crippen LogP contribution in [0.15, 0.2) is 73.4 Å². The molecule has 4 heteroatoms. The van der Waals surface area contributed by atoms with Crippen molar-refractivity contribution in [1.29, 1.82) is 0 Å². The van der Waals surface area contributed by atoms with E-state index in [2.05, 4.69) is 83.3 Å². The van der Waals surface area contributed by atoms with Crippen molar-refractivity contribution in [1.82, 2.24) is 15.0 Å². The van der Waals surface area contributed by atoms with Crippen LogP contribution >= 0.6 is 0 Å². The molecule has 3 rings (SSSR count). The van der Waals surface area contributed by atoms with Crippen LogP contribution in [-0.4, -0.2) is 23.4 Å². The van der Waals surface area contributed by atoms with Gasteiger partial charge in [0.05, 0.1) is 0 Å². The van der Waals surface area contributed by atoms with Crippen molar-refractivity contribution in [3.8, 4) is 0 Å². The molecule has 3 aromatic rings. The van der Waals surface area contributed by atoms with Crippen LogP contribution in [0.2, 0.25) is 0 Å². The van der Waals surface area contributed by atoms with Crippen LogP contribution in [0.1, 0.15) is 208 Å². The van der Waals surface area contributed by atoms with E-state index in [9.17, 15) is 0 Å². The summed E-state index contributed by atoms with van der Waals surface area (Å²) in [4.78, 5) is 12.1. The van der Waals surface area contributed by atoms with Crippen molar-refractivity contribution < 1.29 is 0 Å². The molecular formula is C44H91BN3. The Bertz CT molecular complexity index is 655. The molecule has 285 valence electrons. The Balaban J connectivity index is -0.0000000444. The second-order valence-electron chi connectivity index (χ2n) is 9.02. The fraction of sp³-hybridized carbons (Fsp3) is 0.659. The van der Waals surface area contributed by atoms with E-state index in [1.165, 1.54) is 11.1 Å². The van der Waals surface area contributed by atoms with E-state index in [1.54, 1.807) is 6.20 Å². The molecule has 0 aromatic carbocycles. The predicted molar refractivity (Wildman–Crippen MR) is 232 cm³/mol. The minimum atomic E-state index is 0. The minimum absolute atomic E-state index is 0. The Kier molecular flexibility index (Phi) is 112. The third kappa shape index (κ3) is 70.0. The molecule has 48 heavy (non-hydrogen) atoms. The van der Waals surface area contributed by atoms with E-state index in [0.717, 1.165) is 11.6 Å². The lowest BCUT2D eigenvalue weighted by Gasteiger charge is -2.01. The van der Waals surface area contributed by atoms with Gasteiger partial charge in [0, 0.05) is 45.1 Å². The minimum Gasteiger partial charge on any atom is -0.265 e. The molecule has 0 amide bonds. The Labute approximate surface area is 309 Å². The molecule has 3 aromatic heterocycles. The van der Waals surface area contributed by atoms with Crippen molar-refractivity contribution in [3.63, 3.8) is 0 Å². The van der Waals surface area contributed by atoms with Gasteiger partial charge in [-0.25, -0.2) is 0 Å². The maximum atomic E-state index is 4.18. The van der Waals surface area contributed by atoms with Crippen molar-refractivity contribution in [2.45, 2.75) is 191 Å². The summed E-state index contributed by atoms with van der Waals surface area (Å²) in [6.07, 6.45) is 9.19. The average molecular weight is 673 g/mol. The van der Waals surface area contributed by atoms with E-state index < -0.39 is 0 Å². The van der Waals surface area contributed by atoms with Gasteiger partial charge in [-0.2, -0.15) is 0 Å². The van der Waals surface area contributed by atoms with Gasteiger partial charge in [0.25, 0.3) is 0 Å². The zero-order valence-corrected chi connectivity index (χ0v) is 37.7. The number of hydrogen-bond acceptors (Lipinski definition) is 3. The molecule has 0 saturated carbocycles. The van der Waals surface area contributed by atoms with E-state index in [4.69, 9.17) is 0 Å². The Morgan fingerprint density at radius 1 is 0.375 bits per heavy atom. The monoisotopic (exact) mass is 673 g/mol. The summed E-state index contributed by atoms with van der Waals surface area (Å²) in [7, 11) is 0. The highest BCUT2D eigenvalue weighted by molar-refractivity contribution is 5.75. The second kappa shape index (κ2) is 75.0. The van der Waals surface area contributed by atoms with Gasteiger partial charge < -0.3 is 0 Å². The fourth-order valence-electron chi connectivity index (χ4n) is 2.18. The summed E-state index contributed by atoms with van der Waals surface area (Å²) >= 11 is 0. The highest BCUT2D eigenvalue weighted by Gasteiger charge is 1.96. The molecule has 3 radical (unpaired) electrons. The molecule has 0 aliphatic rings. The van der Waals surface area contributed by atoms with E-state index in [0.29, 0.717) is 17.8 Å². The van der Waals surface area contributed by atoms with Gasteiger partial charge in [0.1, 0.15) is 0 Å². The Morgan fingerprint density at radius 2 is 0.750 bits per heavy atom. The van der Waals surface area contributed by atoms with Gasteiger partial charge in [-0.15, -0.1) is 0 Å². The lowest BCUT2D eigenvalue weighted by Crippen LogP contribution is -1.88. The molecule has 0 spiro atoms. The van der Waals surface area contributed by atoms with Crippen LogP contribution in [0.4, 0.5) is 0 Å². The van der Waals surface area contributed by atoms with Crippen molar-refractivity contribution >= 4 is 8.41 Å². The van der Waals surface area contributed by atoms with Crippen LogP contribution in [0, 0.1) is 5.92 Å². The zero-order chi connectivity index (χ0) is 39.6. The number of hydrogen-bond donors (Lipinski definition) is 0. The average Bonchev–Trinajstić information content (AvgIpc) is 3.16. The number of aromatic nitrogens is 3. The molecular weight excluding hydrogens is 581 g/mol. The quantitative estimate of drug-likeness (QED) is 0.260. The summed E-state index contributed by atoms with van der Waals surface area (Å²) in [5.74, 6) is 2.60. The van der Waals surface area contributed by atoms with Crippen LogP contribution in [0.25, 0.3) is 0 Å². The largest absolute Gasteiger partial charge is 0.265 e. The Morgan fingerprint density at radius 3 is 0.938 bits per heavy atom. The molecule has 0 bridgehead atoms. The first-order valence-electron chi connectivity index (χ1n) is 19.4. The normalized spacial score (nSPS) is 7.44. The van der Waals surface area contributed by atoms with Gasteiger partial charge in [-0.05, 0) is 65.1 Å². The topological polar surface area (TPSA) is 38.7 Å². The molecule has 0 saturated heterocycles. The first-order valence-corrected chi connectivity index (χ1v) is 19.4. The molecule has 0 aliphatic heterocycles. The number of nitrogens with zero attached hydrogens (tertiary/aromatic N) is 3. The van der Waals surface area contributed by atoms with E-state index >= 15 is 0 Å². The van der Waals surface area contributed by atoms with Crippen LogP contribution in [0.5, 0.6) is 0 Å². The first kappa shape index (κ1) is 71.5. The molecule has 0 atom stereocenters. The molecule has 0 unspecified atom stereocenters. The van der Waals surface area contributed by atoms with Gasteiger partial charge in [0.15, 0.2) is 0 Å². The van der Waals surface area contributed by atoms with Gasteiger partial charge in [-0.3, -0.25) is 15.0 Å². The maximum absolute atomic E-state index is 4.18. The molecule has 0 fully saturated rings. The summed E-state index contributed by atoms with van der Waals surface area (Å²) in [5, 5.41) is 0. The predicted octanol–water partition coefficient (Wildman–Crippen LogP) is 16.1. The fourth-order valence-corrected chi connectivity index (χ4v) is 2.18. The summed E-state index contributed by atoms with van der Waals surface area (Å²) < 4.78 is 0. The van der Waals surface area contributed by atoms with Gasteiger partial charge in [0.2, 0.25) is 0 Å². The molecule has 3 nitrogen and oxygen atoms in total. The van der Waals surface area contributed by atoms with Crippen molar-refractivity contribution in [2.75, 3.05) is 0 Å². The smallest absolute Gasteiger partial charge is 0.0428 e. The summed E-state index contributed by atoms with van der Waals surface area (Å²) in [6.45, 7) is 51.5. The van der Waals surface area contributed by atoms with E-state index in [1.807, 2.05) is 172 Å². The highest BCUT2D eigenvalue weighted by atomic mass is 14.7. The third-order valence-electron chi connectivity index (χ3n) is 4.00. The van der Waals surface area contributed by atoms with Gasteiger partial charge in [-0.1, -0.05) is 185 Å². The zero-order valence-electron chi connectivity index (χ0n) is 37.7. The number of pyridine rings is 3. The maximum Gasteiger partial charge on any atom is 0.0428 e. The summed E-state index contributed by atoms with van der Waals surface area (Å²) in [6, 6.07) is 14.2. The molecule has 0 aliphatic carbocycles. The first-order chi connectivity index (χ1) is 22.6. The molecule has 0 N–H and O–H groups in total. The number of rotatable bonds is 3. The SMILES string of the molecule is CC.CC.CC.CC.CC.CC.CC.CC.CC(C)C.CC(C)c1ccccn1.CC(C)c1cccnc1.CC(C)c1ccncc1.[B]. The van der Waals surface area contributed by atoms with Gasteiger partial charge >= 0.3 is 0 Å². The highest BCUT2D eigenvalue weighted by Crippen LogP contribution is 2.11. The Hall–Kier alpha value is -2.49. The molecule has 3 heterocycles. The van der Waals surface area contributed by atoms with Crippen molar-refractivity contribution in [3.05, 3.63) is 90.3 Å². The summed E-state index contributed by atoms with van der Waals surface area (Å²) in [5.41, 5.74) is 3.82. The van der Waals surface area contributed by atoms with Crippen LogP contribution in [-0.2, 0) is 0 Å². The third-order valence-corrected chi connectivity index (χ3v) is 4.00.